The molecule has 0 aliphatic carbocycles. The minimum Gasteiger partial charge on any atom is -0.289 e. The zero-order valence-corrected chi connectivity index (χ0v) is 17.0. The highest BCUT2D eigenvalue weighted by molar-refractivity contribution is 5.65. The molecule has 2 aromatic rings. The molecule has 0 fully saturated rings. The number of nitrogens with zero attached hydrogens (tertiary/aromatic N) is 5. The fourth-order valence-corrected chi connectivity index (χ4v) is 3.24. The van der Waals surface area contributed by atoms with Gasteiger partial charge in [-0.2, -0.15) is 4.98 Å². The number of hydrogen-bond acceptors (Lipinski definition) is 5. The van der Waals surface area contributed by atoms with Crippen LogP contribution in [0.5, 0.6) is 0 Å². The number of hydrogen-bond donors (Lipinski definition) is 0. The molecule has 0 spiro atoms. The summed E-state index contributed by atoms with van der Waals surface area (Å²) in [5, 5.41) is 0. The zero-order valence-electron chi connectivity index (χ0n) is 17.0. The van der Waals surface area contributed by atoms with Gasteiger partial charge in [0.1, 0.15) is 17.5 Å². The highest BCUT2D eigenvalue weighted by Crippen LogP contribution is 2.24. The van der Waals surface area contributed by atoms with Gasteiger partial charge in [0.2, 0.25) is 0 Å². The van der Waals surface area contributed by atoms with Crippen molar-refractivity contribution in [3.8, 4) is 0 Å². The van der Waals surface area contributed by atoms with E-state index in [2.05, 4.69) is 15.0 Å². The Labute approximate surface area is 158 Å². The molecule has 0 atom stereocenters. The Morgan fingerprint density at radius 3 is 1.81 bits per heavy atom. The van der Waals surface area contributed by atoms with Crippen molar-refractivity contribution in [1.29, 1.82) is 0 Å². The summed E-state index contributed by atoms with van der Waals surface area (Å²) < 4.78 is 3.37. The van der Waals surface area contributed by atoms with E-state index in [0.29, 0.717) is 18.9 Å². The van der Waals surface area contributed by atoms with Crippen LogP contribution >= 0.6 is 0 Å². The first-order chi connectivity index (χ1) is 12.6. The number of rotatable bonds is 0. The molecule has 2 aliphatic rings. The van der Waals surface area contributed by atoms with Gasteiger partial charge < -0.3 is 0 Å². The molecule has 0 saturated carbocycles. The van der Waals surface area contributed by atoms with Gasteiger partial charge in [0.15, 0.2) is 0 Å². The minimum atomic E-state index is -0.196. The van der Waals surface area contributed by atoms with Crippen LogP contribution in [0.25, 0.3) is 11.1 Å². The summed E-state index contributed by atoms with van der Waals surface area (Å²) in [5.41, 5.74) is 6.18. The average molecular weight is 367 g/mol. The van der Waals surface area contributed by atoms with E-state index in [9.17, 15) is 9.59 Å². The van der Waals surface area contributed by atoms with Crippen molar-refractivity contribution in [2.45, 2.75) is 61.6 Å². The maximum absolute atomic E-state index is 11.9. The van der Waals surface area contributed by atoms with Crippen LogP contribution in [-0.2, 0) is 13.1 Å². The monoisotopic (exact) mass is 367 g/mol. The van der Waals surface area contributed by atoms with Crippen molar-refractivity contribution in [3.63, 3.8) is 0 Å². The standard InChI is InChI=1S/C11H14N2O.C9H11N3O/c1-6-5-13-10(7(6)2)12-9(4)8(3)11(13)14;1-5-4-12-8(6(5)2)10-7(3)11-9(12)13/h5H2,1-4H3;4H2,1-3H3. The van der Waals surface area contributed by atoms with Gasteiger partial charge in [-0.3, -0.25) is 13.9 Å². The SMILES string of the molecule is CC1=C(C)c2nc(C)c(C)c(=O)n2C1.CC1=C(C)c2nc(C)nc(=O)n2C1. The van der Waals surface area contributed by atoms with E-state index < -0.39 is 0 Å². The predicted octanol–water partition coefficient (Wildman–Crippen LogP) is 2.42. The maximum Gasteiger partial charge on any atom is 0.351 e. The topological polar surface area (TPSA) is 82.7 Å². The first kappa shape index (κ1) is 18.9. The fourth-order valence-electron chi connectivity index (χ4n) is 3.24. The Balaban J connectivity index is 0.000000156. The molecular formula is C20H25N5O2. The second-order valence-corrected chi connectivity index (χ2v) is 7.31. The molecule has 0 bridgehead atoms. The van der Waals surface area contributed by atoms with E-state index in [-0.39, 0.29) is 11.2 Å². The first-order valence-electron chi connectivity index (χ1n) is 8.98. The molecule has 4 heterocycles. The molecule has 4 rings (SSSR count). The molecule has 0 aromatic carbocycles. The molecule has 2 aromatic heterocycles. The van der Waals surface area contributed by atoms with E-state index in [1.807, 2.05) is 41.5 Å². The third-order valence-electron chi connectivity index (χ3n) is 5.39. The lowest BCUT2D eigenvalue weighted by atomic mass is 10.2. The second-order valence-electron chi connectivity index (χ2n) is 7.31. The fraction of sp³-hybridized carbons (Fsp3) is 0.450. The van der Waals surface area contributed by atoms with Gasteiger partial charge in [0, 0.05) is 17.8 Å². The number of aromatic nitrogens is 5. The second kappa shape index (κ2) is 6.72. The van der Waals surface area contributed by atoms with Crippen molar-refractivity contribution in [2.24, 2.45) is 0 Å². The van der Waals surface area contributed by atoms with E-state index in [4.69, 9.17) is 0 Å². The molecule has 0 radical (unpaired) electrons. The summed E-state index contributed by atoms with van der Waals surface area (Å²) in [4.78, 5) is 35.8. The van der Waals surface area contributed by atoms with E-state index in [0.717, 1.165) is 34.1 Å². The Bertz CT molecular complexity index is 1130. The minimum absolute atomic E-state index is 0.101. The summed E-state index contributed by atoms with van der Waals surface area (Å²) >= 11 is 0. The molecule has 0 N–H and O–H groups in total. The number of fused-ring (bicyclic) bond motifs is 2. The lowest BCUT2D eigenvalue weighted by Crippen LogP contribution is -2.25. The first-order valence-corrected chi connectivity index (χ1v) is 8.98. The summed E-state index contributed by atoms with van der Waals surface area (Å²) in [5.74, 6) is 2.16. The van der Waals surface area contributed by atoms with Gasteiger partial charge in [-0.15, -0.1) is 0 Å². The van der Waals surface area contributed by atoms with Gasteiger partial charge in [-0.05, 0) is 70.8 Å². The van der Waals surface area contributed by atoms with E-state index >= 15 is 0 Å². The van der Waals surface area contributed by atoms with Gasteiger partial charge >= 0.3 is 5.69 Å². The van der Waals surface area contributed by atoms with Crippen LogP contribution in [0.3, 0.4) is 0 Å². The van der Waals surface area contributed by atoms with Gasteiger partial charge in [0.25, 0.3) is 5.56 Å². The van der Waals surface area contributed by atoms with Crippen LogP contribution < -0.4 is 11.2 Å². The predicted molar refractivity (Wildman–Crippen MR) is 106 cm³/mol. The molecule has 0 saturated heterocycles. The van der Waals surface area contributed by atoms with Crippen LogP contribution in [0, 0.1) is 20.8 Å². The van der Waals surface area contributed by atoms with Gasteiger partial charge in [-0.25, -0.2) is 14.8 Å². The largest absolute Gasteiger partial charge is 0.351 e. The summed E-state index contributed by atoms with van der Waals surface area (Å²) in [6.07, 6.45) is 0. The molecule has 27 heavy (non-hydrogen) atoms. The molecular weight excluding hydrogens is 342 g/mol. The quantitative estimate of drug-likeness (QED) is 0.714. The van der Waals surface area contributed by atoms with Gasteiger partial charge in [0.05, 0.1) is 6.54 Å². The van der Waals surface area contributed by atoms with Crippen molar-refractivity contribution >= 4 is 11.1 Å². The van der Waals surface area contributed by atoms with Gasteiger partial charge in [-0.1, -0.05) is 0 Å². The average Bonchev–Trinajstić information content (AvgIpc) is 3.05. The normalized spacial score (nSPS) is 14.9. The summed E-state index contributed by atoms with van der Waals surface area (Å²) in [6.45, 7) is 14.9. The molecule has 142 valence electrons. The van der Waals surface area contributed by atoms with Crippen molar-refractivity contribution < 1.29 is 0 Å². The number of allylic oxidation sites excluding steroid dienone is 4. The Hall–Kier alpha value is -2.83. The smallest absolute Gasteiger partial charge is 0.289 e. The molecule has 0 unspecified atom stereocenters. The van der Waals surface area contributed by atoms with Crippen LogP contribution in [0.15, 0.2) is 20.7 Å². The third-order valence-corrected chi connectivity index (χ3v) is 5.39. The third kappa shape index (κ3) is 3.18. The van der Waals surface area contributed by atoms with Crippen LogP contribution in [0.4, 0.5) is 0 Å². The molecule has 7 nitrogen and oxygen atoms in total. The van der Waals surface area contributed by atoms with Crippen molar-refractivity contribution in [2.75, 3.05) is 0 Å². The lowest BCUT2D eigenvalue weighted by molar-refractivity contribution is 0.694. The van der Waals surface area contributed by atoms with E-state index in [1.54, 1.807) is 16.1 Å². The lowest BCUT2D eigenvalue weighted by Gasteiger charge is -2.06. The Morgan fingerprint density at radius 1 is 0.704 bits per heavy atom. The summed E-state index contributed by atoms with van der Waals surface area (Å²) in [6, 6.07) is 0. The van der Waals surface area contributed by atoms with Crippen molar-refractivity contribution in [3.05, 3.63) is 60.7 Å². The maximum atomic E-state index is 11.9. The highest BCUT2D eigenvalue weighted by atomic mass is 16.1. The highest BCUT2D eigenvalue weighted by Gasteiger charge is 2.20. The van der Waals surface area contributed by atoms with Crippen LogP contribution in [0.1, 0.15) is 56.4 Å². The Morgan fingerprint density at radius 2 is 1.22 bits per heavy atom. The number of aryl methyl sites for hydroxylation is 2. The zero-order chi connectivity index (χ0) is 20.0. The molecule has 2 aliphatic heterocycles. The van der Waals surface area contributed by atoms with Crippen LogP contribution in [-0.4, -0.2) is 24.1 Å². The van der Waals surface area contributed by atoms with Crippen molar-refractivity contribution in [1.82, 2.24) is 24.1 Å². The molecule has 0 amide bonds. The summed E-state index contributed by atoms with van der Waals surface area (Å²) in [7, 11) is 0. The molecule has 7 heteroatoms. The van der Waals surface area contributed by atoms with Crippen LogP contribution in [0.2, 0.25) is 0 Å². The van der Waals surface area contributed by atoms with E-state index in [1.165, 1.54) is 11.1 Å². The Kier molecular flexibility index (Phi) is 4.71.